The number of fused-ring (bicyclic) bond motifs is 1. The van der Waals surface area contributed by atoms with E-state index >= 15 is 0 Å². The Morgan fingerprint density at radius 1 is 0.963 bits per heavy atom. The van der Waals surface area contributed by atoms with E-state index in [2.05, 4.69) is 15.3 Å². The van der Waals surface area contributed by atoms with Gasteiger partial charge in [-0.15, -0.1) is 5.10 Å². The number of pyridine rings is 1. The number of ether oxygens (including phenoxy) is 2. The molecule has 27 heavy (non-hydrogen) atoms. The highest BCUT2D eigenvalue weighted by Gasteiger charge is 2.08. The molecule has 0 saturated carbocycles. The van der Waals surface area contributed by atoms with Crippen LogP contribution in [0, 0.1) is 0 Å². The first-order valence-corrected chi connectivity index (χ1v) is 8.54. The molecule has 0 aliphatic carbocycles. The van der Waals surface area contributed by atoms with Gasteiger partial charge in [-0.25, -0.2) is 9.67 Å². The standard InChI is InChI=1S/C20H19N5O2/c1-26-10-11-27-17-7-9-18-14(12-17)2-8-19(22-18)20-13-25(24-23-20)16-5-3-15(21)4-6-16/h2-9,12-13H,10-11,21H2,1H3. The topological polar surface area (TPSA) is 88.1 Å². The van der Waals surface area contributed by atoms with Crippen LogP contribution in [0.5, 0.6) is 5.75 Å². The normalized spacial score (nSPS) is 11.0. The summed E-state index contributed by atoms with van der Waals surface area (Å²) in [4.78, 5) is 4.69. The number of hydrogen-bond donors (Lipinski definition) is 1. The molecule has 4 rings (SSSR count). The number of aromatic nitrogens is 4. The molecule has 4 aromatic rings. The van der Waals surface area contributed by atoms with Gasteiger partial charge in [-0.05, 0) is 48.5 Å². The van der Waals surface area contributed by atoms with Gasteiger partial charge < -0.3 is 15.2 Å². The summed E-state index contributed by atoms with van der Waals surface area (Å²) < 4.78 is 12.3. The molecule has 2 heterocycles. The van der Waals surface area contributed by atoms with Crippen molar-refractivity contribution in [2.24, 2.45) is 0 Å². The average Bonchev–Trinajstić information content (AvgIpc) is 3.18. The molecule has 2 aromatic carbocycles. The zero-order valence-electron chi connectivity index (χ0n) is 14.9. The van der Waals surface area contributed by atoms with Crippen LogP contribution in [-0.4, -0.2) is 40.3 Å². The molecule has 7 heteroatoms. The number of benzene rings is 2. The van der Waals surface area contributed by atoms with E-state index in [1.165, 1.54) is 0 Å². The fourth-order valence-electron chi connectivity index (χ4n) is 2.71. The van der Waals surface area contributed by atoms with Crippen molar-refractivity contribution in [1.82, 2.24) is 20.0 Å². The molecule has 0 aliphatic rings. The van der Waals surface area contributed by atoms with Crippen molar-refractivity contribution in [3.05, 3.63) is 60.8 Å². The largest absolute Gasteiger partial charge is 0.491 e. The van der Waals surface area contributed by atoms with Crippen LogP contribution >= 0.6 is 0 Å². The van der Waals surface area contributed by atoms with Crippen LogP contribution in [0.4, 0.5) is 5.69 Å². The summed E-state index contributed by atoms with van der Waals surface area (Å²) in [5, 5.41) is 9.42. The minimum atomic E-state index is 0.516. The summed E-state index contributed by atoms with van der Waals surface area (Å²) >= 11 is 0. The second-order valence-corrected chi connectivity index (χ2v) is 6.03. The SMILES string of the molecule is COCCOc1ccc2nc(-c3cn(-c4ccc(N)cc4)nn3)ccc2c1. The monoisotopic (exact) mass is 361 g/mol. The lowest BCUT2D eigenvalue weighted by Gasteiger charge is -2.07. The number of anilines is 1. The minimum Gasteiger partial charge on any atom is -0.491 e. The molecule has 0 radical (unpaired) electrons. The highest BCUT2D eigenvalue weighted by Crippen LogP contribution is 2.23. The van der Waals surface area contributed by atoms with Crippen molar-refractivity contribution >= 4 is 16.6 Å². The Labute approximate surface area is 156 Å². The molecule has 0 amide bonds. The maximum absolute atomic E-state index is 5.73. The Kier molecular flexibility index (Phi) is 4.67. The van der Waals surface area contributed by atoms with Gasteiger partial charge in [0.2, 0.25) is 0 Å². The fourth-order valence-corrected chi connectivity index (χ4v) is 2.71. The molecule has 7 nitrogen and oxygen atoms in total. The van der Waals surface area contributed by atoms with Crippen LogP contribution in [0.3, 0.4) is 0 Å². The molecule has 0 fully saturated rings. The van der Waals surface area contributed by atoms with Crippen molar-refractivity contribution in [2.45, 2.75) is 0 Å². The van der Waals surface area contributed by atoms with Gasteiger partial charge in [-0.3, -0.25) is 0 Å². The lowest BCUT2D eigenvalue weighted by molar-refractivity contribution is 0.146. The first-order chi connectivity index (χ1) is 13.2. The van der Waals surface area contributed by atoms with Crippen molar-refractivity contribution in [3.8, 4) is 22.8 Å². The molecule has 0 spiro atoms. The lowest BCUT2D eigenvalue weighted by atomic mass is 10.2. The first-order valence-electron chi connectivity index (χ1n) is 8.54. The lowest BCUT2D eigenvalue weighted by Crippen LogP contribution is -2.04. The second kappa shape index (κ2) is 7.43. The van der Waals surface area contributed by atoms with Gasteiger partial charge in [0.05, 0.1) is 29.7 Å². The third kappa shape index (κ3) is 3.73. The fraction of sp³-hybridized carbons (Fsp3) is 0.150. The predicted octanol–water partition coefficient (Wildman–Crippen LogP) is 3.09. The Balaban J connectivity index is 1.59. The summed E-state index contributed by atoms with van der Waals surface area (Å²) in [6, 6.07) is 17.2. The Bertz CT molecular complexity index is 1060. The number of rotatable bonds is 6. The number of hydrogen-bond acceptors (Lipinski definition) is 6. The average molecular weight is 361 g/mol. The van der Waals surface area contributed by atoms with E-state index < -0.39 is 0 Å². The third-order valence-corrected chi connectivity index (χ3v) is 4.13. The van der Waals surface area contributed by atoms with E-state index in [4.69, 9.17) is 15.2 Å². The van der Waals surface area contributed by atoms with Gasteiger partial charge in [0, 0.05) is 18.2 Å². The van der Waals surface area contributed by atoms with Gasteiger partial charge in [0.1, 0.15) is 18.1 Å². The van der Waals surface area contributed by atoms with E-state index in [0.717, 1.165) is 28.0 Å². The molecule has 136 valence electrons. The van der Waals surface area contributed by atoms with E-state index in [9.17, 15) is 0 Å². The molecule has 0 aliphatic heterocycles. The van der Waals surface area contributed by atoms with Gasteiger partial charge in [0.15, 0.2) is 0 Å². The van der Waals surface area contributed by atoms with E-state index in [-0.39, 0.29) is 0 Å². The van der Waals surface area contributed by atoms with Gasteiger partial charge in [-0.2, -0.15) is 0 Å². The smallest absolute Gasteiger partial charge is 0.131 e. The summed E-state index contributed by atoms with van der Waals surface area (Å²) in [5.74, 6) is 0.795. The molecule has 2 N–H and O–H groups in total. The predicted molar refractivity (Wildman–Crippen MR) is 104 cm³/mol. The highest BCUT2D eigenvalue weighted by atomic mass is 16.5. The maximum atomic E-state index is 5.73. The molecule has 2 aromatic heterocycles. The van der Waals surface area contributed by atoms with E-state index in [0.29, 0.717) is 24.6 Å². The molecule has 0 unspecified atom stereocenters. The molecule has 0 saturated heterocycles. The second-order valence-electron chi connectivity index (χ2n) is 6.03. The van der Waals surface area contributed by atoms with Crippen LogP contribution in [0.2, 0.25) is 0 Å². The molecular weight excluding hydrogens is 342 g/mol. The summed E-state index contributed by atoms with van der Waals surface area (Å²) in [7, 11) is 1.65. The highest BCUT2D eigenvalue weighted by molar-refractivity contribution is 5.82. The van der Waals surface area contributed by atoms with Crippen molar-refractivity contribution in [3.63, 3.8) is 0 Å². The van der Waals surface area contributed by atoms with Crippen molar-refractivity contribution < 1.29 is 9.47 Å². The zero-order valence-corrected chi connectivity index (χ0v) is 14.9. The summed E-state index contributed by atoms with van der Waals surface area (Å²) in [5.41, 5.74) is 9.66. The Morgan fingerprint density at radius 2 is 1.81 bits per heavy atom. The van der Waals surface area contributed by atoms with E-state index in [1.54, 1.807) is 11.8 Å². The van der Waals surface area contributed by atoms with Crippen molar-refractivity contribution in [2.75, 3.05) is 26.1 Å². The van der Waals surface area contributed by atoms with Crippen LogP contribution in [0.1, 0.15) is 0 Å². The molecule has 0 atom stereocenters. The Hall–Kier alpha value is -3.45. The van der Waals surface area contributed by atoms with Gasteiger partial charge in [-0.1, -0.05) is 11.3 Å². The number of nitrogen functional groups attached to an aromatic ring is 1. The first kappa shape index (κ1) is 17.0. The number of methoxy groups -OCH3 is 1. The van der Waals surface area contributed by atoms with Gasteiger partial charge in [0.25, 0.3) is 0 Å². The maximum Gasteiger partial charge on any atom is 0.131 e. The molecule has 0 bridgehead atoms. The quantitative estimate of drug-likeness (QED) is 0.419. The number of nitrogens with zero attached hydrogens (tertiary/aromatic N) is 4. The van der Waals surface area contributed by atoms with E-state index in [1.807, 2.05) is 60.8 Å². The van der Waals surface area contributed by atoms with Crippen molar-refractivity contribution in [1.29, 1.82) is 0 Å². The third-order valence-electron chi connectivity index (χ3n) is 4.13. The van der Waals surface area contributed by atoms with Crippen LogP contribution in [0.25, 0.3) is 28.0 Å². The number of nitrogens with two attached hydrogens (primary N) is 1. The van der Waals surface area contributed by atoms with Crippen LogP contribution < -0.4 is 10.5 Å². The van der Waals surface area contributed by atoms with Crippen LogP contribution in [0.15, 0.2) is 60.8 Å². The Morgan fingerprint density at radius 3 is 2.63 bits per heavy atom. The minimum absolute atomic E-state index is 0.516. The van der Waals surface area contributed by atoms with Crippen LogP contribution in [-0.2, 0) is 4.74 Å². The summed E-state index contributed by atoms with van der Waals surface area (Å²) in [6.07, 6.45) is 1.85. The summed E-state index contributed by atoms with van der Waals surface area (Å²) in [6.45, 7) is 1.07. The molecular formula is C20H19N5O2. The van der Waals surface area contributed by atoms with Gasteiger partial charge >= 0.3 is 0 Å². The zero-order chi connectivity index (χ0) is 18.6.